The lowest BCUT2D eigenvalue weighted by molar-refractivity contribution is -0.364. The van der Waals surface area contributed by atoms with Crippen molar-refractivity contribution in [2.45, 2.75) is 67.1 Å². The van der Waals surface area contributed by atoms with Crippen LogP contribution in [0.1, 0.15) is 26.8 Å². The fraction of sp³-hybridized carbons (Fsp3) is 0.750. The Hall–Kier alpha value is -0.430. The molecular formula is C12H14F8N2S3. The molecule has 25 heavy (non-hydrogen) atoms. The molecule has 0 aliphatic heterocycles. The molecule has 0 N–H and O–H groups in total. The zero-order chi connectivity index (χ0) is 20.2. The first kappa shape index (κ1) is 22.6. The topological polar surface area (TPSA) is 9.86 Å². The summed E-state index contributed by atoms with van der Waals surface area (Å²) >= 11 is 12.6. The molecular weight excluding hydrogens is 420 g/mol. The molecule has 1 rings (SSSR count). The monoisotopic (exact) mass is 434 g/mol. The maximum absolute atomic E-state index is 13.9. The fourth-order valence-corrected chi connectivity index (χ4v) is 3.26. The second-order valence-corrected chi connectivity index (χ2v) is 6.93. The average molecular weight is 434 g/mol. The van der Waals surface area contributed by atoms with Gasteiger partial charge in [-0.25, -0.2) is 0 Å². The van der Waals surface area contributed by atoms with Gasteiger partial charge in [-0.05, 0) is 26.1 Å². The van der Waals surface area contributed by atoms with E-state index in [1.807, 2.05) is 0 Å². The molecule has 0 aromatic carbocycles. The van der Waals surface area contributed by atoms with Gasteiger partial charge < -0.3 is 9.13 Å². The van der Waals surface area contributed by atoms with Gasteiger partial charge in [0.2, 0.25) is 0 Å². The van der Waals surface area contributed by atoms with Crippen molar-refractivity contribution < 1.29 is 35.1 Å². The van der Waals surface area contributed by atoms with Crippen molar-refractivity contribution in [1.29, 1.82) is 0 Å². The van der Waals surface area contributed by atoms with Gasteiger partial charge in [0.15, 0.2) is 4.77 Å². The Morgan fingerprint density at radius 2 is 1.36 bits per heavy atom. The molecule has 0 unspecified atom stereocenters. The SMILES string of the molecule is CC(C)n1c(S)c(S)n(CC(F)(F)C(F)(F)C(F)(F)C(C)(F)F)c1=S. The first-order valence-corrected chi connectivity index (χ1v) is 7.94. The molecule has 0 saturated heterocycles. The van der Waals surface area contributed by atoms with E-state index in [1.165, 1.54) is 4.57 Å². The normalized spacial score (nSPS) is 14.5. The molecule has 1 heterocycles. The maximum atomic E-state index is 13.9. The largest absolute Gasteiger partial charge is 0.380 e. The second kappa shape index (κ2) is 6.63. The summed E-state index contributed by atoms with van der Waals surface area (Å²) in [5, 5.41) is -0.445. The number of halogens is 8. The van der Waals surface area contributed by atoms with E-state index in [1.54, 1.807) is 13.8 Å². The lowest BCUT2D eigenvalue weighted by atomic mass is 9.99. The Morgan fingerprint density at radius 1 is 0.920 bits per heavy atom. The lowest BCUT2D eigenvalue weighted by Gasteiger charge is -2.35. The Kier molecular flexibility index (Phi) is 5.99. The van der Waals surface area contributed by atoms with Crippen molar-refractivity contribution in [3.8, 4) is 0 Å². The molecule has 13 heteroatoms. The van der Waals surface area contributed by atoms with Crippen LogP contribution < -0.4 is 0 Å². The highest BCUT2D eigenvalue weighted by Gasteiger charge is 2.79. The van der Waals surface area contributed by atoms with E-state index in [0.29, 0.717) is 4.57 Å². The Bertz CT molecular complexity index is 702. The molecule has 0 aliphatic carbocycles. The summed E-state index contributed by atoms with van der Waals surface area (Å²) < 4.78 is 108. The van der Waals surface area contributed by atoms with Gasteiger partial charge in [0.1, 0.15) is 10.1 Å². The van der Waals surface area contributed by atoms with Crippen LogP contribution in [0, 0.1) is 4.77 Å². The van der Waals surface area contributed by atoms with E-state index in [-0.39, 0.29) is 10.1 Å². The molecule has 0 atom stereocenters. The van der Waals surface area contributed by atoms with Crippen molar-refractivity contribution in [3.63, 3.8) is 0 Å². The summed E-state index contributed by atoms with van der Waals surface area (Å²) in [4.78, 5) is 0. The van der Waals surface area contributed by atoms with Crippen LogP contribution in [0.5, 0.6) is 0 Å². The van der Waals surface area contributed by atoms with Crippen molar-refractivity contribution in [3.05, 3.63) is 4.77 Å². The molecule has 0 amide bonds. The quantitative estimate of drug-likeness (QED) is 0.330. The summed E-state index contributed by atoms with van der Waals surface area (Å²) in [5.41, 5.74) is 0. The van der Waals surface area contributed by atoms with Gasteiger partial charge in [-0.2, -0.15) is 35.1 Å². The van der Waals surface area contributed by atoms with E-state index in [4.69, 9.17) is 12.2 Å². The minimum atomic E-state index is -6.34. The summed E-state index contributed by atoms with van der Waals surface area (Å²) in [5.74, 6) is -23.5. The van der Waals surface area contributed by atoms with Crippen LogP contribution in [0.2, 0.25) is 0 Å². The van der Waals surface area contributed by atoms with Crippen LogP contribution in [-0.2, 0) is 6.54 Å². The molecule has 146 valence electrons. The minimum absolute atomic E-state index is 0.0602. The number of alkyl halides is 8. The highest BCUT2D eigenvalue weighted by molar-refractivity contribution is 7.83. The molecule has 0 radical (unpaired) electrons. The highest BCUT2D eigenvalue weighted by Crippen LogP contribution is 2.53. The third kappa shape index (κ3) is 3.55. The fourth-order valence-electron chi connectivity index (χ4n) is 1.95. The van der Waals surface area contributed by atoms with Gasteiger partial charge in [-0.1, -0.05) is 0 Å². The summed E-state index contributed by atoms with van der Waals surface area (Å²) in [6, 6.07) is -0.428. The van der Waals surface area contributed by atoms with E-state index in [2.05, 4.69) is 25.3 Å². The molecule has 2 nitrogen and oxygen atoms in total. The third-order valence-corrected chi connectivity index (χ3v) is 4.87. The summed E-state index contributed by atoms with van der Waals surface area (Å²) in [7, 11) is 0. The van der Waals surface area contributed by atoms with Gasteiger partial charge in [-0.3, -0.25) is 0 Å². The van der Waals surface area contributed by atoms with Crippen LogP contribution in [0.15, 0.2) is 10.1 Å². The highest BCUT2D eigenvalue weighted by atomic mass is 32.1. The Morgan fingerprint density at radius 3 is 1.68 bits per heavy atom. The van der Waals surface area contributed by atoms with Gasteiger partial charge in [-0.15, -0.1) is 25.3 Å². The first-order valence-electron chi connectivity index (χ1n) is 6.64. The molecule has 0 aliphatic rings. The van der Waals surface area contributed by atoms with Crippen LogP contribution in [0.4, 0.5) is 35.1 Å². The number of nitrogens with zero attached hydrogens (tertiary/aromatic N) is 2. The molecule has 0 saturated carbocycles. The number of aromatic nitrogens is 2. The standard InChI is InChI=1S/C12H14F8N2S3/c1-5(2)22-7(24)6(23)21(8(22)25)4-10(15,16)12(19,20)11(17,18)9(3,13)14/h5,23-24H,4H2,1-3H3. The molecule has 0 spiro atoms. The predicted molar refractivity (Wildman–Crippen MR) is 83.6 cm³/mol. The number of imidazole rings is 1. The molecule has 1 aromatic heterocycles. The van der Waals surface area contributed by atoms with Crippen LogP contribution in [-0.4, -0.2) is 32.8 Å². The van der Waals surface area contributed by atoms with Crippen molar-refractivity contribution in [2.24, 2.45) is 0 Å². The van der Waals surface area contributed by atoms with Crippen LogP contribution >= 0.6 is 37.5 Å². The number of rotatable bonds is 6. The smallest absolute Gasteiger partial charge is 0.309 e. The van der Waals surface area contributed by atoms with E-state index in [0.717, 1.165) is 0 Å². The van der Waals surface area contributed by atoms with Gasteiger partial charge in [0.25, 0.3) is 0 Å². The first-order chi connectivity index (χ1) is 10.9. The van der Waals surface area contributed by atoms with Crippen molar-refractivity contribution in [2.75, 3.05) is 0 Å². The summed E-state index contributed by atoms with van der Waals surface area (Å²) in [6.07, 6.45) is 0. The zero-order valence-electron chi connectivity index (χ0n) is 13.0. The summed E-state index contributed by atoms with van der Waals surface area (Å²) in [6.45, 7) is 0.515. The number of thiol groups is 2. The van der Waals surface area contributed by atoms with E-state index >= 15 is 0 Å². The number of hydrogen-bond donors (Lipinski definition) is 2. The van der Waals surface area contributed by atoms with Gasteiger partial charge in [0.05, 0.1) is 6.54 Å². The van der Waals surface area contributed by atoms with Crippen molar-refractivity contribution >= 4 is 37.5 Å². The van der Waals surface area contributed by atoms with Crippen LogP contribution in [0.3, 0.4) is 0 Å². The van der Waals surface area contributed by atoms with Gasteiger partial charge in [0, 0.05) is 13.0 Å². The maximum Gasteiger partial charge on any atom is 0.380 e. The Labute approximate surface area is 154 Å². The van der Waals surface area contributed by atoms with Crippen LogP contribution in [0.25, 0.3) is 0 Å². The third-order valence-electron chi connectivity index (χ3n) is 3.40. The molecule has 0 bridgehead atoms. The zero-order valence-corrected chi connectivity index (χ0v) is 15.6. The molecule has 0 fully saturated rings. The Balaban J connectivity index is 3.45. The minimum Gasteiger partial charge on any atom is -0.309 e. The predicted octanol–water partition coefficient (Wildman–Crippen LogP) is 5.74. The van der Waals surface area contributed by atoms with E-state index < -0.39 is 48.0 Å². The lowest BCUT2D eigenvalue weighted by Crippen LogP contribution is -2.62. The number of hydrogen-bond acceptors (Lipinski definition) is 3. The van der Waals surface area contributed by atoms with E-state index in [9.17, 15) is 35.1 Å². The second-order valence-electron chi connectivity index (χ2n) is 5.72. The average Bonchev–Trinajstić information content (AvgIpc) is 2.60. The van der Waals surface area contributed by atoms with Gasteiger partial charge >= 0.3 is 23.7 Å². The van der Waals surface area contributed by atoms with Crippen molar-refractivity contribution in [1.82, 2.24) is 9.13 Å². The molecule has 1 aromatic rings.